The van der Waals surface area contributed by atoms with Crippen LogP contribution >= 0.6 is 0 Å². The molecule has 0 radical (unpaired) electrons. The molecule has 1 heterocycles. The van der Waals surface area contributed by atoms with Crippen LogP contribution in [0.25, 0.3) is 0 Å². The lowest BCUT2D eigenvalue weighted by Crippen LogP contribution is -2.34. The predicted octanol–water partition coefficient (Wildman–Crippen LogP) is 0.614. The van der Waals surface area contributed by atoms with Crippen molar-refractivity contribution in [2.24, 2.45) is 0 Å². The minimum atomic E-state index is -0.468. The quantitative estimate of drug-likeness (QED) is 0.748. The zero-order chi connectivity index (χ0) is 14.6. The van der Waals surface area contributed by atoms with Crippen LogP contribution < -0.4 is 4.90 Å². The van der Waals surface area contributed by atoms with Gasteiger partial charge >= 0.3 is 0 Å². The van der Waals surface area contributed by atoms with Gasteiger partial charge in [-0.3, -0.25) is 19.2 Å². The van der Waals surface area contributed by atoms with Gasteiger partial charge in [-0.05, 0) is 12.1 Å². The van der Waals surface area contributed by atoms with Gasteiger partial charge in [0.25, 0.3) is 5.91 Å². The smallest absolute Gasteiger partial charge is 0.274 e. The lowest BCUT2D eigenvalue weighted by atomic mass is 10.2. The molecule has 0 saturated heterocycles. The molecule has 1 aromatic rings. The van der Waals surface area contributed by atoms with Gasteiger partial charge in [0.05, 0.1) is 7.11 Å². The molecule has 0 aliphatic carbocycles. The van der Waals surface area contributed by atoms with Crippen molar-refractivity contribution >= 4 is 23.5 Å². The number of amides is 3. The molecule has 0 N–H and O–H groups in total. The number of rotatable bonds is 3. The predicted molar refractivity (Wildman–Crippen MR) is 67.2 cm³/mol. The van der Waals surface area contributed by atoms with Crippen LogP contribution in [-0.4, -0.2) is 41.9 Å². The van der Waals surface area contributed by atoms with Crippen molar-refractivity contribution < 1.29 is 19.2 Å². The summed E-state index contributed by atoms with van der Waals surface area (Å²) in [7, 11) is 2.81. The average Bonchev–Trinajstić information content (AvgIpc) is 2.36. The Balaban J connectivity index is 3.16. The fraction of sp³-hybridized carbons (Fsp3) is 0.333. The molecule has 3 amide bonds. The van der Waals surface area contributed by atoms with Crippen molar-refractivity contribution in [3.05, 3.63) is 23.9 Å². The number of aromatic nitrogens is 1. The van der Waals surface area contributed by atoms with Crippen LogP contribution in [0.1, 0.15) is 24.2 Å². The molecule has 1 aromatic heterocycles. The Morgan fingerprint density at radius 1 is 1.21 bits per heavy atom. The SMILES string of the molecule is CON(C)C(=O)c1ccnc(N(C(C)=O)C(C)=O)c1. The van der Waals surface area contributed by atoms with Gasteiger partial charge in [0.2, 0.25) is 11.8 Å². The highest BCUT2D eigenvalue weighted by molar-refractivity contribution is 6.12. The maximum Gasteiger partial charge on any atom is 0.277 e. The molecule has 0 bridgehead atoms. The average molecular weight is 265 g/mol. The molecule has 0 atom stereocenters. The molecule has 0 aliphatic rings. The van der Waals surface area contributed by atoms with E-state index in [1.165, 1.54) is 46.3 Å². The zero-order valence-corrected chi connectivity index (χ0v) is 11.2. The van der Waals surface area contributed by atoms with Crippen LogP contribution in [0.4, 0.5) is 5.82 Å². The van der Waals surface area contributed by atoms with Gasteiger partial charge in [0, 0.05) is 32.7 Å². The minimum absolute atomic E-state index is 0.107. The third-order valence-corrected chi connectivity index (χ3v) is 2.41. The van der Waals surface area contributed by atoms with Crippen LogP contribution in [0.15, 0.2) is 18.3 Å². The number of anilines is 1. The van der Waals surface area contributed by atoms with E-state index >= 15 is 0 Å². The largest absolute Gasteiger partial charge is 0.277 e. The van der Waals surface area contributed by atoms with Crippen molar-refractivity contribution in [3.63, 3.8) is 0 Å². The van der Waals surface area contributed by atoms with E-state index in [-0.39, 0.29) is 11.4 Å². The Hall–Kier alpha value is -2.28. The number of nitrogens with zero attached hydrogens (tertiary/aromatic N) is 3. The number of hydrogen-bond acceptors (Lipinski definition) is 5. The Morgan fingerprint density at radius 2 is 1.79 bits per heavy atom. The molecular weight excluding hydrogens is 250 g/mol. The van der Waals surface area contributed by atoms with E-state index in [4.69, 9.17) is 4.84 Å². The van der Waals surface area contributed by atoms with Gasteiger partial charge in [0.1, 0.15) is 5.82 Å². The van der Waals surface area contributed by atoms with E-state index in [1.54, 1.807) is 0 Å². The van der Waals surface area contributed by atoms with Crippen molar-refractivity contribution in [2.75, 3.05) is 19.1 Å². The van der Waals surface area contributed by atoms with Crippen LogP contribution in [0.2, 0.25) is 0 Å². The van der Waals surface area contributed by atoms with E-state index in [0.717, 1.165) is 9.96 Å². The summed E-state index contributed by atoms with van der Waals surface area (Å²) in [4.78, 5) is 44.3. The molecule has 7 nitrogen and oxygen atoms in total. The third kappa shape index (κ3) is 3.35. The first-order valence-corrected chi connectivity index (χ1v) is 5.48. The highest BCUT2D eigenvalue weighted by Gasteiger charge is 2.20. The van der Waals surface area contributed by atoms with Crippen LogP contribution in [0, 0.1) is 0 Å². The van der Waals surface area contributed by atoms with Gasteiger partial charge in [0.15, 0.2) is 0 Å². The molecule has 0 fully saturated rings. The van der Waals surface area contributed by atoms with Crippen molar-refractivity contribution in [1.29, 1.82) is 0 Å². The summed E-state index contributed by atoms with van der Waals surface area (Å²) in [6, 6.07) is 2.83. The number of imide groups is 1. The van der Waals surface area contributed by atoms with Gasteiger partial charge in [-0.15, -0.1) is 0 Å². The molecular formula is C12H15N3O4. The van der Waals surface area contributed by atoms with Gasteiger partial charge in [-0.2, -0.15) is 0 Å². The Kier molecular flexibility index (Phi) is 4.71. The topological polar surface area (TPSA) is 79.8 Å². The van der Waals surface area contributed by atoms with E-state index in [0.29, 0.717) is 0 Å². The number of hydroxylamine groups is 2. The van der Waals surface area contributed by atoms with E-state index in [2.05, 4.69) is 4.98 Å². The maximum absolute atomic E-state index is 11.9. The Labute approximate surface area is 110 Å². The lowest BCUT2D eigenvalue weighted by molar-refractivity contribution is -0.124. The summed E-state index contributed by atoms with van der Waals surface area (Å²) in [5.41, 5.74) is 0.266. The molecule has 0 spiro atoms. The minimum Gasteiger partial charge on any atom is -0.274 e. The van der Waals surface area contributed by atoms with Crippen molar-refractivity contribution in [1.82, 2.24) is 10.0 Å². The van der Waals surface area contributed by atoms with Gasteiger partial charge in [-0.1, -0.05) is 0 Å². The summed E-state index contributed by atoms with van der Waals surface area (Å²) in [5.74, 6) is -1.23. The fourth-order valence-electron chi connectivity index (χ4n) is 1.48. The number of carbonyl (C=O) groups excluding carboxylic acids is 3. The second kappa shape index (κ2) is 6.05. The van der Waals surface area contributed by atoms with Crippen LogP contribution in [-0.2, 0) is 14.4 Å². The fourth-order valence-corrected chi connectivity index (χ4v) is 1.48. The number of pyridine rings is 1. The standard InChI is InChI=1S/C12H15N3O4/c1-8(16)15(9(2)17)11-7-10(5-6-13-11)12(18)14(3)19-4/h5-7H,1-4H3. The molecule has 19 heavy (non-hydrogen) atoms. The first kappa shape index (κ1) is 14.8. The first-order valence-electron chi connectivity index (χ1n) is 5.48. The highest BCUT2D eigenvalue weighted by Crippen LogP contribution is 2.14. The molecule has 0 aliphatic heterocycles. The van der Waals surface area contributed by atoms with Crippen LogP contribution in [0.5, 0.6) is 0 Å². The Bertz CT molecular complexity index is 501. The van der Waals surface area contributed by atoms with E-state index < -0.39 is 17.7 Å². The highest BCUT2D eigenvalue weighted by atomic mass is 16.7. The molecule has 102 valence electrons. The Morgan fingerprint density at radius 3 is 2.26 bits per heavy atom. The van der Waals surface area contributed by atoms with Crippen molar-refractivity contribution in [2.45, 2.75) is 13.8 Å². The van der Waals surface area contributed by atoms with Gasteiger partial charge < -0.3 is 0 Å². The summed E-state index contributed by atoms with van der Waals surface area (Å²) in [5, 5.41) is 1.03. The lowest BCUT2D eigenvalue weighted by Gasteiger charge is -2.18. The maximum atomic E-state index is 11.9. The molecule has 0 aromatic carbocycles. The van der Waals surface area contributed by atoms with Gasteiger partial charge in [-0.25, -0.2) is 14.9 Å². The second-order valence-corrected chi connectivity index (χ2v) is 3.76. The normalized spacial score (nSPS) is 9.89. The molecule has 0 unspecified atom stereocenters. The second-order valence-electron chi connectivity index (χ2n) is 3.76. The van der Waals surface area contributed by atoms with E-state index in [1.807, 2.05) is 0 Å². The zero-order valence-electron chi connectivity index (χ0n) is 11.2. The third-order valence-electron chi connectivity index (χ3n) is 2.41. The summed E-state index contributed by atoms with van der Waals surface area (Å²) in [6.07, 6.45) is 1.35. The first-order chi connectivity index (χ1) is 8.88. The number of hydrogen-bond donors (Lipinski definition) is 0. The summed E-state index contributed by atoms with van der Waals surface area (Å²) in [6.45, 7) is 2.50. The summed E-state index contributed by atoms with van der Waals surface area (Å²) < 4.78 is 0. The molecule has 1 rings (SSSR count). The molecule has 7 heteroatoms. The number of carbonyl (C=O) groups is 3. The monoisotopic (exact) mass is 265 g/mol. The van der Waals surface area contributed by atoms with Crippen LogP contribution in [0.3, 0.4) is 0 Å². The molecule has 0 saturated carbocycles. The van der Waals surface area contributed by atoms with Crippen molar-refractivity contribution in [3.8, 4) is 0 Å². The van der Waals surface area contributed by atoms with E-state index in [9.17, 15) is 14.4 Å². The summed E-state index contributed by atoms with van der Waals surface area (Å²) >= 11 is 0.